The van der Waals surface area contributed by atoms with Gasteiger partial charge in [0.1, 0.15) is 30.5 Å². The molecule has 3 spiro atoms. The number of aliphatic hydroxyl groups excluding tert-OH is 2. The van der Waals surface area contributed by atoms with E-state index < -0.39 is 145 Å². The number of carbonyl (C=O) groups is 1. The molecule has 1 aliphatic carbocycles. The summed E-state index contributed by atoms with van der Waals surface area (Å²) in [5.74, 6) is -6.73. The van der Waals surface area contributed by atoms with E-state index in [9.17, 15) is 25.2 Å². The number of carbonyl (C=O) groups excluding carboxylic acids is 1. The zero-order valence-electron chi connectivity index (χ0n) is 44.0. The zero-order valence-corrected chi connectivity index (χ0v) is 44.0. The van der Waals surface area contributed by atoms with Crippen LogP contribution in [0.2, 0.25) is 0 Å². The zero-order chi connectivity index (χ0) is 53.2. The Bertz CT molecular complexity index is 2300. The van der Waals surface area contributed by atoms with Crippen LogP contribution in [0.25, 0.3) is 0 Å². The number of rotatable bonds is 0. The summed E-state index contributed by atoms with van der Waals surface area (Å²) in [6.45, 7) is 10.8. The van der Waals surface area contributed by atoms with Crippen LogP contribution in [0, 0.1) is 11.8 Å². The molecule has 14 rings (SSSR count). The number of esters is 1. The molecule has 1 saturated carbocycles. The van der Waals surface area contributed by atoms with E-state index in [-0.39, 0.29) is 74.0 Å². The molecule has 13 heterocycles. The van der Waals surface area contributed by atoms with Crippen LogP contribution in [0.15, 0.2) is 24.3 Å². The lowest BCUT2D eigenvalue weighted by Gasteiger charge is -2.54. The van der Waals surface area contributed by atoms with E-state index >= 15 is 0 Å². The van der Waals surface area contributed by atoms with Gasteiger partial charge in [0, 0.05) is 81.8 Å². The molecule has 430 valence electrons. The van der Waals surface area contributed by atoms with E-state index in [1.807, 2.05) is 0 Å². The molecule has 13 saturated heterocycles. The van der Waals surface area contributed by atoms with Crippen molar-refractivity contribution >= 4 is 5.97 Å². The number of aliphatic hydroxyl groups is 4. The van der Waals surface area contributed by atoms with Crippen LogP contribution in [0.5, 0.6) is 0 Å². The number of fused-ring (bicyclic) bond motifs is 13. The van der Waals surface area contributed by atoms with Crippen LogP contribution in [-0.2, 0) is 66.4 Å². The van der Waals surface area contributed by atoms with Crippen molar-refractivity contribution in [2.75, 3.05) is 0 Å². The second-order valence-corrected chi connectivity index (χ2v) is 26.1. The minimum absolute atomic E-state index is 0.100. The fraction of sp³-hybridized carbons (Fsp3) is 0.909. The third-order valence-corrected chi connectivity index (χ3v) is 20.9. The normalized spacial score (nSPS) is 58.0. The van der Waals surface area contributed by atoms with E-state index in [0.29, 0.717) is 83.5 Å². The fourth-order valence-electron chi connectivity index (χ4n) is 16.9. The molecule has 14 aliphatic rings. The molecule has 12 N–H and O–H groups in total. The van der Waals surface area contributed by atoms with Crippen LogP contribution >= 0.6 is 0 Å². The molecular weight excluding hydrogens is 1000 g/mol. The van der Waals surface area contributed by atoms with Gasteiger partial charge in [0.05, 0.1) is 104 Å². The van der Waals surface area contributed by atoms with Crippen molar-refractivity contribution in [1.29, 1.82) is 0 Å². The van der Waals surface area contributed by atoms with Crippen LogP contribution in [-0.4, -0.2) is 202 Å². The summed E-state index contributed by atoms with van der Waals surface area (Å²) in [6, 6.07) is -1.77. The Hall–Kier alpha value is -1.85. The summed E-state index contributed by atoms with van der Waals surface area (Å²) < 4.78 is 87.5. The number of hydrogen-bond acceptors (Lipinski definition) is 22. The Kier molecular flexibility index (Phi) is 13.4. The van der Waals surface area contributed by atoms with Gasteiger partial charge in [0.15, 0.2) is 17.7 Å². The van der Waals surface area contributed by atoms with E-state index in [2.05, 4.69) is 20.1 Å². The lowest BCUT2D eigenvalue weighted by Crippen LogP contribution is -2.67. The molecule has 22 heteroatoms. The summed E-state index contributed by atoms with van der Waals surface area (Å²) in [5, 5.41) is 45.1. The second kappa shape index (κ2) is 19.4. The van der Waals surface area contributed by atoms with Crippen molar-refractivity contribution in [3.63, 3.8) is 0 Å². The van der Waals surface area contributed by atoms with Crippen molar-refractivity contribution in [3.05, 3.63) is 24.3 Å². The number of ether oxygens (including phenoxy) is 13. The molecule has 22 nitrogen and oxygen atoms in total. The summed E-state index contributed by atoms with van der Waals surface area (Å²) >= 11 is 0. The van der Waals surface area contributed by atoms with Gasteiger partial charge in [-0.25, -0.2) is 0 Å². The van der Waals surface area contributed by atoms with Gasteiger partial charge in [0.2, 0.25) is 11.6 Å². The van der Waals surface area contributed by atoms with Crippen LogP contribution in [0.4, 0.5) is 0 Å². The van der Waals surface area contributed by atoms with E-state index in [4.69, 9.17) is 84.5 Å². The first-order valence-electron chi connectivity index (χ1n) is 29.1. The van der Waals surface area contributed by atoms with Crippen molar-refractivity contribution in [2.45, 2.75) is 298 Å². The molecule has 0 aromatic heterocycles. The molecule has 6 unspecified atom stereocenters. The molecule has 0 aromatic carbocycles. The highest BCUT2D eigenvalue weighted by Gasteiger charge is 2.71. The minimum Gasteiger partial charge on any atom is -0.458 e. The minimum atomic E-state index is -2.63. The molecule has 77 heavy (non-hydrogen) atoms. The van der Waals surface area contributed by atoms with Gasteiger partial charge < -0.3 is 105 Å². The molecule has 0 aromatic rings. The lowest BCUT2D eigenvalue weighted by atomic mass is 9.71. The molecule has 0 amide bonds. The SMILES string of the molecule is C=C1C[C@@H]2CC[C@@]34OC5C[C@@H](OC6CC[C@H](CC(=O)OC7[C@H](C[C@H]8O[C@@H](CC[C@@H]1O2)C[C@@H](N)C8=C)O[C@H]1C[C@H]2O[C@]8(C[C@@H]9O[C@]%10(C[C@H](N)[C@@H]%11C[C@H](C)[C@H](O)C[C@@H]%11O%10)C[C@H](N)[C@@H]9O8)C[C@H]2O[C@H]1[C@@H]7N)OC65)C(O3)C(O)(O)C4O. The topological polar surface area (TPSA) is 322 Å². The average molecular weight is 1090 g/mol. The summed E-state index contributed by atoms with van der Waals surface area (Å²) in [4.78, 5) is 14.4. The first kappa shape index (κ1) is 53.2. The average Bonchev–Trinajstić information content (AvgIpc) is 4.15. The van der Waals surface area contributed by atoms with Crippen molar-refractivity contribution in [2.24, 2.45) is 34.8 Å². The fourth-order valence-corrected chi connectivity index (χ4v) is 16.9. The maximum absolute atomic E-state index is 14.4. The highest BCUT2D eigenvalue weighted by Crippen LogP contribution is 2.55. The van der Waals surface area contributed by atoms with Crippen LogP contribution in [0.3, 0.4) is 0 Å². The van der Waals surface area contributed by atoms with Crippen molar-refractivity contribution < 1.29 is 86.8 Å². The van der Waals surface area contributed by atoms with Crippen molar-refractivity contribution in [3.8, 4) is 0 Å². The Morgan fingerprint density at radius 2 is 1.25 bits per heavy atom. The van der Waals surface area contributed by atoms with E-state index in [0.717, 1.165) is 17.6 Å². The highest BCUT2D eigenvalue weighted by atomic mass is 16.8. The third kappa shape index (κ3) is 9.08. The molecule has 13 aliphatic heterocycles. The van der Waals surface area contributed by atoms with Gasteiger partial charge in [-0.05, 0) is 68.4 Å². The van der Waals surface area contributed by atoms with Gasteiger partial charge in [-0.2, -0.15) is 0 Å². The first-order chi connectivity index (χ1) is 36.7. The van der Waals surface area contributed by atoms with Crippen LogP contribution < -0.4 is 22.9 Å². The third-order valence-electron chi connectivity index (χ3n) is 20.9. The van der Waals surface area contributed by atoms with Gasteiger partial charge in [-0.1, -0.05) is 20.1 Å². The van der Waals surface area contributed by atoms with Gasteiger partial charge in [-0.15, -0.1) is 0 Å². The summed E-state index contributed by atoms with van der Waals surface area (Å²) in [5.41, 5.74) is 29.6. The predicted octanol–water partition coefficient (Wildman–Crippen LogP) is 0.110. The van der Waals surface area contributed by atoms with Gasteiger partial charge in [-0.3, -0.25) is 4.79 Å². The number of hydrogen-bond donors (Lipinski definition) is 8. The predicted molar refractivity (Wildman–Crippen MR) is 264 cm³/mol. The monoisotopic (exact) mass is 1090 g/mol. The maximum Gasteiger partial charge on any atom is 0.308 e. The second-order valence-electron chi connectivity index (χ2n) is 26.1. The van der Waals surface area contributed by atoms with Gasteiger partial charge in [0.25, 0.3) is 0 Å². The smallest absolute Gasteiger partial charge is 0.308 e. The first-order valence-corrected chi connectivity index (χ1v) is 29.1. The standard InChI is InChI=1S/C55H82N4O18/c1-22-11-28-30(57)18-52(72-36(28)14-32(22)60)19-31(58)46-43(74-52)21-53(76-46)20-42-37(73-53)16-39-48(70-42)45(59)49-38(69-39)15-35-24(3)29(56)12-25(66-35)4-6-33-23(2)10-27(65-33)8-9-54-51(62)55(63,64)50(77-54)41-17-40(75-54)47-34(68-41)7-5-26(67-47)13-44(61)71-49/h22,25-43,45-51,60,62-64H,2-21,56-59H2,1H3/t22-,25-,26+,27-,28-,29+,30-,31-,32+,33-,34?,35+,36-,37+,38-,39-,40?,41+,42+,43-,45-,46-,47?,48+,49?,50?,51?,52+,53+,54+/m0/s1. The Balaban J connectivity index is 0.703. The van der Waals surface area contributed by atoms with E-state index in [1.54, 1.807) is 0 Å². The highest BCUT2D eigenvalue weighted by molar-refractivity contribution is 5.70. The molecule has 0 radical (unpaired) electrons. The number of nitrogens with two attached hydrogens (primary N) is 4. The Morgan fingerprint density at radius 1 is 0.545 bits per heavy atom. The van der Waals surface area contributed by atoms with Crippen molar-refractivity contribution in [1.82, 2.24) is 0 Å². The Morgan fingerprint density at radius 3 is 2.09 bits per heavy atom. The summed E-state index contributed by atoms with van der Waals surface area (Å²) in [7, 11) is 0. The molecule has 30 atom stereocenters. The Labute approximate surface area is 448 Å². The quantitative estimate of drug-likeness (QED) is 0.0907. The van der Waals surface area contributed by atoms with Crippen LogP contribution in [0.1, 0.15) is 122 Å². The maximum atomic E-state index is 14.4. The molecular formula is C55H82N4O18. The van der Waals surface area contributed by atoms with E-state index in [1.165, 1.54) is 0 Å². The largest absolute Gasteiger partial charge is 0.458 e. The lowest BCUT2D eigenvalue weighted by molar-refractivity contribution is -0.344. The summed E-state index contributed by atoms with van der Waals surface area (Å²) in [6.07, 6.45) is -5.43. The molecule has 10 bridgehead atoms. The molecule has 14 fully saturated rings. The van der Waals surface area contributed by atoms with Gasteiger partial charge >= 0.3 is 5.97 Å².